The Bertz CT molecular complexity index is 615. The smallest absolute Gasteiger partial charge is 0.193 e. The van der Waals surface area contributed by atoms with Crippen LogP contribution >= 0.6 is 35.7 Å². The summed E-state index contributed by atoms with van der Waals surface area (Å²) in [5.74, 6) is 1.38. The maximum Gasteiger partial charge on any atom is 0.193 e. The molecule has 0 aliphatic carbocycles. The van der Waals surface area contributed by atoms with Gasteiger partial charge >= 0.3 is 0 Å². The number of hydrogen-bond acceptors (Lipinski definition) is 2. The first-order chi connectivity index (χ1) is 10.1. The van der Waals surface area contributed by atoms with E-state index in [0.29, 0.717) is 12.5 Å². The topological polar surface area (TPSA) is 50.4 Å². The van der Waals surface area contributed by atoms with E-state index in [-0.39, 0.29) is 24.0 Å². The van der Waals surface area contributed by atoms with Crippen molar-refractivity contribution >= 4 is 47.4 Å². The summed E-state index contributed by atoms with van der Waals surface area (Å²) in [6.07, 6.45) is 0. The highest BCUT2D eigenvalue weighted by Crippen LogP contribution is 2.16. The van der Waals surface area contributed by atoms with Gasteiger partial charge in [0.2, 0.25) is 0 Å². The molecular formula is C17H22IN3S. The van der Waals surface area contributed by atoms with Crippen molar-refractivity contribution in [3.8, 4) is 0 Å². The van der Waals surface area contributed by atoms with Gasteiger partial charge in [0.15, 0.2) is 5.96 Å². The van der Waals surface area contributed by atoms with E-state index in [1.807, 2.05) is 24.3 Å². The van der Waals surface area contributed by atoms with Crippen molar-refractivity contribution in [2.45, 2.75) is 18.7 Å². The van der Waals surface area contributed by atoms with Crippen LogP contribution < -0.4 is 11.1 Å². The highest BCUT2D eigenvalue weighted by molar-refractivity contribution is 14.0. The van der Waals surface area contributed by atoms with E-state index in [1.165, 1.54) is 16.0 Å². The summed E-state index contributed by atoms with van der Waals surface area (Å²) in [6.45, 7) is 4.88. The van der Waals surface area contributed by atoms with Crippen molar-refractivity contribution in [2.24, 2.45) is 10.7 Å². The fourth-order valence-electron chi connectivity index (χ4n) is 1.85. The van der Waals surface area contributed by atoms with Gasteiger partial charge in [0.05, 0.1) is 6.54 Å². The quantitative estimate of drug-likeness (QED) is 0.244. The molecule has 0 aliphatic heterocycles. The lowest BCUT2D eigenvalue weighted by atomic mass is 10.1. The number of nitrogens with one attached hydrogen (secondary N) is 1. The van der Waals surface area contributed by atoms with Crippen LogP contribution in [0, 0.1) is 13.8 Å². The molecule has 2 aromatic rings. The van der Waals surface area contributed by atoms with E-state index >= 15 is 0 Å². The predicted molar refractivity (Wildman–Crippen MR) is 109 cm³/mol. The summed E-state index contributed by atoms with van der Waals surface area (Å²) in [4.78, 5) is 5.61. The number of hydrogen-bond donors (Lipinski definition) is 2. The number of aliphatic imine (C=N–C) groups is 1. The Hall–Kier alpha value is -1.21. The lowest BCUT2D eigenvalue weighted by molar-refractivity contribution is 1.13. The lowest BCUT2D eigenvalue weighted by Crippen LogP contribution is -2.23. The molecule has 3 N–H and O–H groups in total. The third-order valence-corrected chi connectivity index (χ3v) is 4.16. The number of halogens is 1. The zero-order chi connectivity index (χ0) is 15.1. The first-order valence-corrected chi connectivity index (χ1v) is 7.96. The molecule has 0 amide bonds. The van der Waals surface area contributed by atoms with E-state index in [2.05, 4.69) is 48.4 Å². The number of aryl methyl sites for hydroxylation is 2. The van der Waals surface area contributed by atoms with Crippen LogP contribution in [0.1, 0.15) is 11.1 Å². The lowest BCUT2D eigenvalue weighted by Gasteiger charge is -2.08. The number of anilines is 1. The molecular weight excluding hydrogens is 405 g/mol. The van der Waals surface area contributed by atoms with Crippen LogP contribution in [0.15, 0.2) is 58.4 Å². The SMILES string of the molecule is Cc1ccc(NC(N)=NCCSc2ccccc2)cc1C.I. The van der Waals surface area contributed by atoms with Crippen LogP contribution in [-0.2, 0) is 0 Å². The molecule has 0 spiro atoms. The van der Waals surface area contributed by atoms with Gasteiger partial charge in [0.25, 0.3) is 0 Å². The summed E-state index contributed by atoms with van der Waals surface area (Å²) in [5, 5.41) is 3.13. The van der Waals surface area contributed by atoms with Crippen LogP contribution in [0.25, 0.3) is 0 Å². The normalized spacial score (nSPS) is 10.9. The average molecular weight is 427 g/mol. The highest BCUT2D eigenvalue weighted by Gasteiger charge is 1.98. The molecule has 0 heterocycles. The summed E-state index contributed by atoms with van der Waals surface area (Å²) in [6, 6.07) is 16.5. The van der Waals surface area contributed by atoms with Gasteiger partial charge < -0.3 is 11.1 Å². The Morgan fingerprint density at radius 3 is 2.50 bits per heavy atom. The van der Waals surface area contributed by atoms with Crippen LogP contribution in [0.2, 0.25) is 0 Å². The summed E-state index contributed by atoms with van der Waals surface area (Å²) in [7, 11) is 0. The van der Waals surface area contributed by atoms with Gasteiger partial charge in [0, 0.05) is 16.3 Å². The van der Waals surface area contributed by atoms with E-state index in [1.54, 1.807) is 11.8 Å². The Kier molecular flexibility index (Phi) is 8.34. The van der Waals surface area contributed by atoms with Gasteiger partial charge in [-0.05, 0) is 49.2 Å². The Morgan fingerprint density at radius 1 is 1.09 bits per heavy atom. The average Bonchev–Trinajstić information content (AvgIpc) is 2.49. The van der Waals surface area contributed by atoms with Crippen LogP contribution in [-0.4, -0.2) is 18.3 Å². The number of guanidine groups is 1. The molecule has 0 radical (unpaired) electrons. The zero-order valence-corrected chi connectivity index (χ0v) is 16.0. The second kappa shape index (κ2) is 9.74. The maximum atomic E-state index is 5.90. The molecule has 0 unspecified atom stereocenters. The minimum Gasteiger partial charge on any atom is -0.370 e. The Balaban J connectivity index is 0.00000242. The van der Waals surface area contributed by atoms with E-state index < -0.39 is 0 Å². The van der Waals surface area contributed by atoms with Crippen LogP contribution in [0.4, 0.5) is 5.69 Å². The van der Waals surface area contributed by atoms with Gasteiger partial charge in [-0.25, -0.2) is 0 Å². The monoisotopic (exact) mass is 427 g/mol. The predicted octanol–water partition coefficient (Wildman–Crippen LogP) is 4.44. The molecule has 0 saturated carbocycles. The molecule has 2 rings (SSSR count). The number of thioether (sulfide) groups is 1. The first-order valence-electron chi connectivity index (χ1n) is 6.97. The number of benzene rings is 2. The largest absolute Gasteiger partial charge is 0.370 e. The molecule has 0 aliphatic rings. The standard InChI is InChI=1S/C17H21N3S.HI/c1-13-8-9-15(12-14(13)2)20-17(18)19-10-11-21-16-6-4-3-5-7-16;/h3-9,12H,10-11H2,1-2H3,(H3,18,19,20);1H. The molecule has 0 fully saturated rings. The molecule has 3 nitrogen and oxygen atoms in total. The molecule has 118 valence electrons. The number of nitrogens with zero attached hydrogens (tertiary/aromatic N) is 1. The summed E-state index contributed by atoms with van der Waals surface area (Å²) in [5.41, 5.74) is 9.40. The van der Waals surface area contributed by atoms with Crippen LogP contribution in [0.5, 0.6) is 0 Å². The van der Waals surface area contributed by atoms with Gasteiger partial charge in [-0.15, -0.1) is 35.7 Å². The molecule has 22 heavy (non-hydrogen) atoms. The Morgan fingerprint density at radius 2 is 1.82 bits per heavy atom. The summed E-state index contributed by atoms with van der Waals surface area (Å²) < 4.78 is 0. The van der Waals surface area contributed by atoms with Crippen molar-refractivity contribution in [2.75, 3.05) is 17.6 Å². The van der Waals surface area contributed by atoms with Crippen molar-refractivity contribution in [1.29, 1.82) is 0 Å². The minimum absolute atomic E-state index is 0. The van der Waals surface area contributed by atoms with Gasteiger partial charge in [-0.2, -0.15) is 0 Å². The molecule has 0 bridgehead atoms. The third-order valence-electron chi connectivity index (χ3n) is 3.16. The maximum absolute atomic E-state index is 5.90. The van der Waals surface area contributed by atoms with Gasteiger partial charge in [-0.1, -0.05) is 24.3 Å². The van der Waals surface area contributed by atoms with Crippen molar-refractivity contribution in [1.82, 2.24) is 0 Å². The highest BCUT2D eigenvalue weighted by atomic mass is 127. The van der Waals surface area contributed by atoms with Gasteiger partial charge in [-0.3, -0.25) is 4.99 Å². The first kappa shape index (κ1) is 18.8. The second-order valence-electron chi connectivity index (χ2n) is 4.85. The molecule has 0 saturated heterocycles. The fourth-order valence-corrected chi connectivity index (χ4v) is 2.62. The van der Waals surface area contributed by atoms with Crippen molar-refractivity contribution in [3.63, 3.8) is 0 Å². The molecule has 0 aromatic heterocycles. The number of rotatable bonds is 5. The van der Waals surface area contributed by atoms with E-state index in [4.69, 9.17) is 5.73 Å². The second-order valence-corrected chi connectivity index (χ2v) is 6.02. The summed E-state index contributed by atoms with van der Waals surface area (Å²) >= 11 is 1.78. The third kappa shape index (κ3) is 6.27. The molecule has 0 atom stereocenters. The minimum atomic E-state index is 0. The Labute approximate surface area is 153 Å². The van der Waals surface area contributed by atoms with Crippen LogP contribution in [0.3, 0.4) is 0 Å². The van der Waals surface area contributed by atoms with Gasteiger partial charge in [0.1, 0.15) is 0 Å². The van der Waals surface area contributed by atoms with E-state index in [0.717, 1.165) is 11.4 Å². The molecule has 2 aromatic carbocycles. The van der Waals surface area contributed by atoms with Crippen molar-refractivity contribution < 1.29 is 0 Å². The zero-order valence-electron chi connectivity index (χ0n) is 12.9. The number of nitrogens with two attached hydrogens (primary N) is 1. The van der Waals surface area contributed by atoms with Crippen molar-refractivity contribution in [3.05, 3.63) is 59.7 Å². The molecule has 5 heteroatoms. The fraction of sp³-hybridized carbons (Fsp3) is 0.235. The van der Waals surface area contributed by atoms with E-state index in [9.17, 15) is 0 Å².